The molecule has 0 atom stereocenters. The minimum Gasteiger partial charge on any atom is -0.460 e. The molecule has 0 amide bonds. The van der Waals surface area contributed by atoms with Gasteiger partial charge in [-0.15, -0.1) is 0 Å². The summed E-state index contributed by atoms with van der Waals surface area (Å²) in [6.45, 7) is 7.03. The average molecular weight is 389 g/mol. The molecule has 2 heterocycles. The molecule has 102 valence electrons. The van der Waals surface area contributed by atoms with Crippen LogP contribution in [-0.4, -0.2) is 16.5 Å². The van der Waals surface area contributed by atoms with Gasteiger partial charge in [-0.25, -0.2) is 9.97 Å². The summed E-state index contributed by atoms with van der Waals surface area (Å²) < 4.78 is 7.21. The smallest absolute Gasteiger partial charge is 0.199 e. The van der Waals surface area contributed by atoms with Crippen LogP contribution in [0.2, 0.25) is 0 Å². The lowest BCUT2D eigenvalue weighted by Gasteiger charge is -2.13. The van der Waals surface area contributed by atoms with Crippen molar-refractivity contribution in [3.63, 3.8) is 0 Å². The topological polar surface area (TPSA) is 51.0 Å². The Bertz CT molecular complexity index is 581. The van der Waals surface area contributed by atoms with Gasteiger partial charge >= 0.3 is 0 Å². The SMILES string of the molecule is CCNc1nc(-c2occc2Br)nc(C(C)C)c1Br. The molecule has 0 saturated heterocycles. The van der Waals surface area contributed by atoms with Crippen molar-refractivity contribution in [1.29, 1.82) is 0 Å². The Balaban J connectivity index is 2.59. The second-order valence-electron chi connectivity index (χ2n) is 4.38. The fourth-order valence-electron chi connectivity index (χ4n) is 1.69. The molecule has 0 aliphatic heterocycles. The molecule has 0 radical (unpaired) electrons. The van der Waals surface area contributed by atoms with Gasteiger partial charge in [0.05, 0.1) is 20.9 Å². The van der Waals surface area contributed by atoms with Crippen LogP contribution < -0.4 is 5.32 Å². The maximum atomic E-state index is 5.44. The van der Waals surface area contributed by atoms with E-state index in [1.165, 1.54) is 0 Å². The van der Waals surface area contributed by atoms with Crippen molar-refractivity contribution >= 4 is 37.7 Å². The van der Waals surface area contributed by atoms with Gasteiger partial charge in [-0.2, -0.15) is 0 Å². The number of aromatic nitrogens is 2. The molecule has 0 bridgehead atoms. The minimum absolute atomic E-state index is 0.294. The largest absolute Gasteiger partial charge is 0.460 e. The Morgan fingerprint density at radius 3 is 2.58 bits per heavy atom. The Labute approximate surface area is 129 Å². The molecule has 0 aromatic carbocycles. The zero-order chi connectivity index (χ0) is 14.0. The molecule has 0 fully saturated rings. The lowest BCUT2D eigenvalue weighted by molar-refractivity contribution is 0.575. The second-order valence-corrected chi connectivity index (χ2v) is 6.03. The molecule has 2 aromatic heterocycles. The first kappa shape index (κ1) is 14.5. The summed E-state index contributed by atoms with van der Waals surface area (Å²) in [5.74, 6) is 2.31. The van der Waals surface area contributed by atoms with Crippen LogP contribution in [0.25, 0.3) is 11.6 Å². The number of halogens is 2. The van der Waals surface area contributed by atoms with Gasteiger partial charge in [-0.05, 0) is 50.8 Å². The molecular weight excluding hydrogens is 374 g/mol. The lowest BCUT2D eigenvalue weighted by Crippen LogP contribution is -2.07. The highest BCUT2D eigenvalue weighted by molar-refractivity contribution is 9.11. The first-order valence-corrected chi connectivity index (χ1v) is 7.67. The van der Waals surface area contributed by atoms with E-state index in [-0.39, 0.29) is 0 Å². The number of furan rings is 1. The van der Waals surface area contributed by atoms with Crippen molar-refractivity contribution in [3.8, 4) is 11.6 Å². The minimum atomic E-state index is 0.294. The van der Waals surface area contributed by atoms with Crippen LogP contribution in [0.1, 0.15) is 32.4 Å². The van der Waals surface area contributed by atoms with Crippen molar-refractivity contribution in [1.82, 2.24) is 9.97 Å². The quantitative estimate of drug-likeness (QED) is 0.815. The van der Waals surface area contributed by atoms with Crippen molar-refractivity contribution in [2.45, 2.75) is 26.7 Å². The normalized spacial score (nSPS) is 11.1. The van der Waals surface area contributed by atoms with E-state index in [1.807, 2.05) is 13.0 Å². The Kier molecular flexibility index (Phi) is 4.62. The summed E-state index contributed by atoms with van der Waals surface area (Å²) in [5.41, 5.74) is 0.962. The maximum Gasteiger partial charge on any atom is 0.199 e. The molecule has 0 aliphatic carbocycles. The summed E-state index contributed by atoms with van der Waals surface area (Å²) in [5, 5.41) is 3.24. The van der Waals surface area contributed by atoms with E-state index in [0.29, 0.717) is 17.5 Å². The predicted octanol–water partition coefficient (Wildman–Crippen LogP) is 4.82. The van der Waals surface area contributed by atoms with Crippen molar-refractivity contribution in [3.05, 3.63) is 27.0 Å². The van der Waals surface area contributed by atoms with E-state index in [9.17, 15) is 0 Å². The second kappa shape index (κ2) is 6.05. The fourth-order valence-corrected chi connectivity index (χ4v) is 2.84. The monoisotopic (exact) mass is 387 g/mol. The first-order valence-electron chi connectivity index (χ1n) is 6.09. The van der Waals surface area contributed by atoms with Gasteiger partial charge in [0.15, 0.2) is 11.6 Å². The third-order valence-electron chi connectivity index (χ3n) is 2.59. The van der Waals surface area contributed by atoms with Gasteiger partial charge in [0.2, 0.25) is 0 Å². The molecule has 0 saturated carbocycles. The van der Waals surface area contributed by atoms with E-state index in [2.05, 4.69) is 61.0 Å². The van der Waals surface area contributed by atoms with Crippen LogP contribution in [0.5, 0.6) is 0 Å². The summed E-state index contributed by atoms with van der Waals surface area (Å²) in [6.07, 6.45) is 1.62. The number of rotatable bonds is 4. The van der Waals surface area contributed by atoms with Gasteiger partial charge < -0.3 is 9.73 Å². The molecule has 4 nitrogen and oxygen atoms in total. The van der Waals surface area contributed by atoms with Crippen LogP contribution in [0.3, 0.4) is 0 Å². The number of nitrogens with one attached hydrogen (secondary N) is 1. The van der Waals surface area contributed by atoms with Gasteiger partial charge in [0, 0.05) is 6.54 Å². The summed E-state index contributed by atoms with van der Waals surface area (Å²) in [4.78, 5) is 9.11. The Morgan fingerprint density at radius 1 is 1.32 bits per heavy atom. The van der Waals surface area contributed by atoms with Gasteiger partial charge in [0.1, 0.15) is 5.82 Å². The molecule has 2 rings (SSSR count). The summed E-state index contributed by atoms with van der Waals surface area (Å²) in [6, 6.07) is 1.84. The predicted molar refractivity (Wildman–Crippen MR) is 83.4 cm³/mol. The molecule has 1 N–H and O–H groups in total. The molecule has 6 heteroatoms. The first-order chi connectivity index (χ1) is 9.04. The van der Waals surface area contributed by atoms with Crippen LogP contribution >= 0.6 is 31.9 Å². The highest BCUT2D eigenvalue weighted by Crippen LogP contribution is 2.33. The fraction of sp³-hybridized carbons (Fsp3) is 0.385. The van der Waals surface area contributed by atoms with Gasteiger partial charge in [0.25, 0.3) is 0 Å². The highest BCUT2D eigenvalue weighted by atomic mass is 79.9. The van der Waals surface area contributed by atoms with Crippen LogP contribution in [0, 0.1) is 0 Å². The molecule has 0 unspecified atom stereocenters. The van der Waals surface area contributed by atoms with E-state index >= 15 is 0 Å². The maximum absolute atomic E-state index is 5.44. The van der Waals surface area contributed by atoms with Crippen molar-refractivity contribution in [2.75, 3.05) is 11.9 Å². The number of anilines is 1. The van der Waals surface area contributed by atoms with E-state index in [1.54, 1.807) is 6.26 Å². The molecular formula is C13H15Br2N3O. The average Bonchev–Trinajstić information content (AvgIpc) is 2.78. The van der Waals surface area contributed by atoms with Crippen molar-refractivity contribution < 1.29 is 4.42 Å². The summed E-state index contributed by atoms with van der Waals surface area (Å²) in [7, 11) is 0. The van der Waals surface area contributed by atoms with Gasteiger partial charge in [-0.1, -0.05) is 13.8 Å². The van der Waals surface area contributed by atoms with Crippen LogP contribution in [0.4, 0.5) is 5.82 Å². The number of hydrogen-bond acceptors (Lipinski definition) is 4. The van der Waals surface area contributed by atoms with Crippen LogP contribution in [0.15, 0.2) is 25.7 Å². The Hall–Kier alpha value is -0.880. The number of nitrogens with zero attached hydrogens (tertiary/aromatic N) is 2. The van der Waals surface area contributed by atoms with E-state index in [0.717, 1.165) is 27.0 Å². The molecule has 19 heavy (non-hydrogen) atoms. The molecule has 0 aliphatic rings. The Morgan fingerprint density at radius 2 is 2.05 bits per heavy atom. The third-order valence-corrected chi connectivity index (χ3v) is 3.99. The number of hydrogen-bond donors (Lipinski definition) is 1. The standard InChI is InChI=1S/C13H15Br2N3O/c1-4-16-12-9(15)10(7(2)3)17-13(18-12)11-8(14)5-6-19-11/h5-7H,4H2,1-3H3,(H,16,17,18). The summed E-state index contributed by atoms with van der Waals surface area (Å²) >= 11 is 7.01. The van der Waals surface area contributed by atoms with E-state index in [4.69, 9.17) is 4.42 Å². The van der Waals surface area contributed by atoms with E-state index < -0.39 is 0 Å². The highest BCUT2D eigenvalue weighted by Gasteiger charge is 2.18. The molecule has 2 aromatic rings. The zero-order valence-electron chi connectivity index (χ0n) is 11.0. The third kappa shape index (κ3) is 3.00. The molecule has 0 spiro atoms. The van der Waals surface area contributed by atoms with Crippen LogP contribution in [-0.2, 0) is 0 Å². The zero-order valence-corrected chi connectivity index (χ0v) is 14.2. The lowest BCUT2D eigenvalue weighted by atomic mass is 10.1. The van der Waals surface area contributed by atoms with Crippen molar-refractivity contribution in [2.24, 2.45) is 0 Å². The van der Waals surface area contributed by atoms with Gasteiger partial charge in [-0.3, -0.25) is 0 Å².